The number of aromatic nitrogens is 1. The van der Waals surface area contributed by atoms with Gasteiger partial charge in [-0.05, 0) is 48.9 Å². The molecule has 0 atom stereocenters. The fraction of sp³-hybridized carbons (Fsp3) is 0.0588. The first kappa shape index (κ1) is 16.1. The molecule has 2 aromatic carbocycles. The van der Waals surface area contributed by atoms with Crippen LogP contribution in [0, 0.1) is 18.3 Å². The van der Waals surface area contributed by atoms with Crippen LogP contribution in [0.5, 0.6) is 0 Å². The molecule has 0 unspecified atom stereocenters. The van der Waals surface area contributed by atoms with Gasteiger partial charge in [-0.1, -0.05) is 18.3 Å². The first-order valence-corrected chi connectivity index (χ1v) is 8.30. The van der Waals surface area contributed by atoms with Crippen molar-refractivity contribution in [1.82, 2.24) is 4.98 Å². The Hall–Kier alpha value is -2.82. The van der Waals surface area contributed by atoms with Crippen LogP contribution >= 0.6 is 23.6 Å². The van der Waals surface area contributed by atoms with Crippen LogP contribution in [0.3, 0.4) is 0 Å². The highest BCUT2D eigenvalue weighted by Gasteiger charge is 2.06. The minimum atomic E-state index is -0.0358. The Morgan fingerprint density at radius 2 is 2.04 bits per heavy atom. The first-order valence-electron chi connectivity index (χ1n) is 7.08. The summed E-state index contributed by atoms with van der Waals surface area (Å²) in [5.74, 6) is 0. The minimum Gasteiger partial charge on any atom is -0.387 e. The number of benzene rings is 2. The third kappa shape index (κ3) is 3.40. The zero-order valence-electron chi connectivity index (χ0n) is 12.8. The lowest BCUT2D eigenvalue weighted by molar-refractivity contribution is 1.34. The van der Waals surface area contributed by atoms with Crippen LogP contribution in [-0.2, 0) is 0 Å². The number of nitriles is 1. The van der Waals surface area contributed by atoms with Crippen molar-refractivity contribution in [3.05, 3.63) is 48.0 Å². The van der Waals surface area contributed by atoms with E-state index in [1.165, 1.54) is 10.3 Å². The van der Waals surface area contributed by atoms with Gasteiger partial charge in [-0.2, -0.15) is 10.4 Å². The summed E-state index contributed by atoms with van der Waals surface area (Å²) >= 11 is 6.39. The number of hydrazone groups is 1. The van der Waals surface area contributed by atoms with Crippen LogP contribution in [0.1, 0.15) is 5.56 Å². The van der Waals surface area contributed by atoms with E-state index < -0.39 is 0 Å². The number of anilines is 1. The molecule has 0 aliphatic carbocycles. The molecular weight excluding hydrogens is 338 g/mol. The average molecular weight is 351 g/mol. The predicted octanol–water partition coefficient (Wildman–Crippen LogP) is 3.85. The third-order valence-corrected chi connectivity index (χ3v) is 4.57. The van der Waals surface area contributed by atoms with Gasteiger partial charge in [0.1, 0.15) is 16.1 Å². The van der Waals surface area contributed by atoms with E-state index in [1.807, 2.05) is 36.4 Å². The Balaban J connectivity index is 1.83. The van der Waals surface area contributed by atoms with E-state index in [-0.39, 0.29) is 10.7 Å². The molecule has 0 radical (unpaired) electrons. The summed E-state index contributed by atoms with van der Waals surface area (Å²) in [4.78, 5) is 4.62. The van der Waals surface area contributed by atoms with Gasteiger partial charge in [-0.3, -0.25) is 5.43 Å². The molecule has 0 spiro atoms. The maximum absolute atomic E-state index is 8.86. The summed E-state index contributed by atoms with van der Waals surface area (Å²) in [6, 6.07) is 15.7. The van der Waals surface area contributed by atoms with Gasteiger partial charge in [0.05, 0.1) is 15.9 Å². The Morgan fingerprint density at radius 1 is 1.29 bits per heavy atom. The number of thiazole rings is 1. The highest BCUT2D eigenvalue weighted by atomic mass is 32.1. The van der Waals surface area contributed by atoms with Crippen LogP contribution in [-0.4, -0.2) is 15.7 Å². The first-order chi connectivity index (χ1) is 11.6. The van der Waals surface area contributed by atoms with Crippen molar-refractivity contribution in [3.8, 4) is 16.6 Å². The number of thiocarbonyl (C=S) groups is 1. The molecule has 118 valence electrons. The number of rotatable bonds is 4. The van der Waals surface area contributed by atoms with Gasteiger partial charge in [0.2, 0.25) is 0 Å². The summed E-state index contributed by atoms with van der Waals surface area (Å²) in [7, 11) is 0. The van der Waals surface area contributed by atoms with E-state index in [4.69, 9.17) is 23.2 Å². The van der Waals surface area contributed by atoms with E-state index >= 15 is 0 Å². The smallest absolute Gasteiger partial charge is 0.194 e. The molecule has 0 bridgehead atoms. The van der Waals surface area contributed by atoms with Crippen LogP contribution in [0.15, 0.2) is 47.6 Å². The molecule has 0 saturated carbocycles. The van der Waals surface area contributed by atoms with Crippen LogP contribution < -0.4 is 11.2 Å². The number of nitrogens with one attached hydrogen (secondary N) is 1. The number of aryl methyl sites for hydroxylation is 1. The second kappa shape index (κ2) is 6.74. The van der Waals surface area contributed by atoms with E-state index in [0.29, 0.717) is 0 Å². The van der Waals surface area contributed by atoms with Gasteiger partial charge < -0.3 is 5.73 Å². The summed E-state index contributed by atoms with van der Waals surface area (Å²) in [5.41, 5.74) is 12.1. The molecule has 0 amide bonds. The van der Waals surface area contributed by atoms with Crippen molar-refractivity contribution >= 4 is 50.2 Å². The predicted molar refractivity (Wildman–Crippen MR) is 103 cm³/mol. The molecule has 1 aromatic heterocycles. The summed E-state index contributed by atoms with van der Waals surface area (Å²) in [6.07, 6.45) is 0. The zero-order chi connectivity index (χ0) is 17.1. The van der Waals surface area contributed by atoms with Gasteiger partial charge in [0, 0.05) is 5.56 Å². The topological polar surface area (TPSA) is 87.1 Å². The summed E-state index contributed by atoms with van der Waals surface area (Å²) in [6.45, 7) is 2.07. The molecule has 7 heteroatoms. The number of hydrogen-bond donors (Lipinski definition) is 2. The maximum Gasteiger partial charge on any atom is 0.194 e. The van der Waals surface area contributed by atoms with Crippen molar-refractivity contribution in [3.63, 3.8) is 0 Å². The van der Waals surface area contributed by atoms with Crippen molar-refractivity contribution in [2.75, 3.05) is 5.43 Å². The molecule has 0 saturated heterocycles. The van der Waals surface area contributed by atoms with Crippen molar-refractivity contribution in [2.45, 2.75) is 6.92 Å². The molecule has 24 heavy (non-hydrogen) atoms. The van der Waals surface area contributed by atoms with Gasteiger partial charge in [0.15, 0.2) is 5.71 Å². The molecule has 0 aliphatic heterocycles. The molecule has 1 heterocycles. The summed E-state index contributed by atoms with van der Waals surface area (Å²) in [5, 5.41) is 13.7. The highest BCUT2D eigenvalue weighted by molar-refractivity contribution is 7.82. The number of nitrogens with two attached hydrogens (primary N) is 1. The zero-order valence-corrected chi connectivity index (χ0v) is 14.4. The van der Waals surface area contributed by atoms with E-state index in [1.54, 1.807) is 11.3 Å². The lowest BCUT2D eigenvalue weighted by atomic mass is 10.2. The Labute approximate surface area is 148 Å². The number of nitrogens with zero attached hydrogens (tertiary/aromatic N) is 3. The van der Waals surface area contributed by atoms with Crippen LogP contribution in [0.4, 0.5) is 5.69 Å². The number of fused-ring (bicyclic) bond motifs is 1. The van der Waals surface area contributed by atoms with Crippen molar-refractivity contribution in [1.29, 1.82) is 5.26 Å². The fourth-order valence-corrected chi connectivity index (χ4v) is 3.26. The van der Waals surface area contributed by atoms with Crippen LogP contribution in [0.2, 0.25) is 0 Å². The molecule has 5 nitrogen and oxygen atoms in total. The van der Waals surface area contributed by atoms with Crippen molar-refractivity contribution < 1.29 is 0 Å². The SMILES string of the molecule is Cc1ccc2nc(-c3ccc(NN=C(C#N)C(N)=S)cc3)sc2c1. The molecule has 0 aliphatic rings. The molecule has 0 fully saturated rings. The van der Waals surface area contributed by atoms with Gasteiger partial charge in [0.25, 0.3) is 0 Å². The van der Waals surface area contributed by atoms with Gasteiger partial charge >= 0.3 is 0 Å². The lowest BCUT2D eigenvalue weighted by Gasteiger charge is -2.02. The van der Waals surface area contributed by atoms with Gasteiger partial charge in [-0.25, -0.2) is 4.98 Å². The normalized spacial score (nSPS) is 11.2. The van der Waals surface area contributed by atoms with E-state index in [0.717, 1.165) is 21.8 Å². The molecule has 3 N–H and O–H groups in total. The Morgan fingerprint density at radius 3 is 2.71 bits per heavy atom. The van der Waals surface area contributed by atoms with Crippen molar-refractivity contribution in [2.24, 2.45) is 10.8 Å². The quantitative estimate of drug-likeness (QED) is 0.423. The molecular formula is C17H13N5S2. The minimum absolute atomic E-state index is 0.00406. The fourth-order valence-electron chi connectivity index (χ4n) is 2.10. The number of hydrogen-bond acceptors (Lipinski definition) is 6. The lowest BCUT2D eigenvalue weighted by Crippen LogP contribution is -2.20. The Bertz CT molecular complexity index is 980. The third-order valence-electron chi connectivity index (χ3n) is 3.31. The summed E-state index contributed by atoms with van der Waals surface area (Å²) < 4.78 is 1.17. The standard InChI is InChI=1S/C17H13N5S2/c1-10-2-7-13-15(8-10)24-17(20-13)11-3-5-12(6-4-11)21-22-14(9-18)16(19)23/h2-8,21H,1H3,(H2,19,23). The second-order valence-corrected chi connectivity index (χ2v) is 6.59. The van der Waals surface area contributed by atoms with Crippen LogP contribution in [0.25, 0.3) is 20.8 Å². The molecule has 3 rings (SSSR count). The second-order valence-electron chi connectivity index (χ2n) is 5.12. The average Bonchev–Trinajstić information content (AvgIpc) is 2.98. The molecule has 3 aromatic rings. The Kier molecular flexibility index (Phi) is 4.51. The highest BCUT2D eigenvalue weighted by Crippen LogP contribution is 2.31. The largest absolute Gasteiger partial charge is 0.387 e. The van der Waals surface area contributed by atoms with E-state index in [2.05, 4.69) is 34.6 Å². The maximum atomic E-state index is 8.86. The monoisotopic (exact) mass is 351 g/mol. The van der Waals surface area contributed by atoms with E-state index in [9.17, 15) is 0 Å². The van der Waals surface area contributed by atoms with Gasteiger partial charge in [-0.15, -0.1) is 11.3 Å².